The molecule has 0 saturated heterocycles. The number of hydrogen-bond acceptors (Lipinski definition) is 6. The number of aliphatic hydroxyl groups is 1. The van der Waals surface area contributed by atoms with Crippen molar-refractivity contribution in [2.45, 2.75) is 19.6 Å². The lowest BCUT2D eigenvalue weighted by Crippen LogP contribution is -2.17. The maximum atomic E-state index is 12.2. The molecule has 1 aromatic carbocycles. The molecule has 1 N–H and O–H groups in total. The van der Waals surface area contributed by atoms with E-state index in [0.29, 0.717) is 17.4 Å². The second-order valence-corrected chi connectivity index (χ2v) is 6.35. The van der Waals surface area contributed by atoms with Crippen LogP contribution in [0.2, 0.25) is 0 Å². The number of methoxy groups -OCH3 is 1. The average Bonchev–Trinajstić information content (AvgIpc) is 3.06. The number of pyridine rings is 1. The van der Waals surface area contributed by atoms with Crippen molar-refractivity contribution in [2.24, 2.45) is 0 Å². The van der Waals surface area contributed by atoms with Crippen molar-refractivity contribution < 1.29 is 24.2 Å². The number of para-hydroxylation sites is 1. The van der Waals surface area contributed by atoms with Crippen LogP contribution in [-0.4, -0.2) is 40.3 Å². The van der Waals surface area contributed by atoms with Gasteiger partial charge < -0.3 is 19.1 Å². The zero-order chi connectivity index (χ0) is 21.1. The SMILES string of the molecule is C=CCn1c2ccccc2c2cc(C(=O)OC)nc(C(O)C(=C)C(=O)OCC)c21. The van der Waals surface area contributed by atoms with E-state index in [-0.39, 0.29) is 23.6 Å². The highest BCUT2D eigenvalue weighted by molar-refractivity contribution is 6.10. The van der Waals surface area contributed by atoms with E-state index in [4.69, 9.17) is 9.47 Å². The minimum absolute atomic E-state index is 0.0206. The summed E-state index contributed by atoms with van der Waals surface area (Å²) in [5.41, 5.74) is 1.43. The van der Waals surface area contributed by atoms with Crippen molar-refractivity contribution in [1.82, 2.24) is 9.55 Å². The van der Waals surface area contributed by atoms with Gasteiger partial charge in [-0.2, -0.15) is 0 Å². The van der Waals surface area contributed by atoms with E-state index >= 15 is 0 Å². The van der Waals surface area contributed by atoms with E-state index in [2.05, 4.69) is 18.1 Å². The molecule has 0 aliphatic rings. The van der Waals surface area contributed by atoms with Crippen molar-refractivity contribution in [2.75, 3.05) is 13.7 Å². The number of benzene rings is 1. The molecule has 0 fully saturated rings. The molecular weight excluding hydrogens is 372 g/mol. The number of rotatable bonds is 7. The molecule has 3 rings (SSSR count). The highest BCUT2D eigenvalue weighted by atomic mass is 16.5. The first-order chi connectivity index (χ1) is 13.9. The number of esters is 2. The highest BCUT2D eigenvalue weighted by Gasteiger charge is 2.27. The summed E-state index contributed by atoms with van der Waals surface area (Å²) in [7, 11) is 1.25. The predicted octanol–water partition coefficient (Wildman–Crippen LogP) is 3.31. The number of carbonyl (C=O) groups excluding carboxylic acids is 2. The van der Waals surface area contributed by atoms with Gasteiger partial charge in [-0.15, -0.1) is 6.58 Å². The minimum atomic E-state index is -1.46. The first-order valence-corrected chi connectivity index (χ1v) is 9.09. The zero-order valence-corrected chi connectivity index (χ0v) is 16.3. The van der Waals surface area contributed by atoms with Crippen LogP contribution in [0.4, 0.5) is 0 Å². The van der Waals surface area contributed by atoms with Crippen molar-refractivity contribution >= 4 is 33.7 Å². The summed E-state index contributed by atoms with van der Waals surface area (Å²) in [6.45, 7) is 9.72. The third kappa shape index (κ3) is 3.52. The first kappa shape index (κ1) is 20.3. The largest absolute Gasteiger partial charge is 0.464 e. The second kappa shape index (κ2) is 8.28. The van der Waals surface area contributed by atoms with E-state index in [1.54, 1.807) is 19.1 Å². The van der Waals surface area contributed by atoms with Gasteiger partial charge in [0.25, 0.3) is 0 Å². The Kier molecular flexibility index (Phi) is 5.79. The second-order valence-electron chi connectivity index (χ2n) is 6.35. The monoisotopic (exact) mass is 394 g/mol. The van der Waals surface area contributed by atoms with Crippen LogP contribution >= 0.6 is 0 Å². The molecule has 0 spiro atoms. The Labute approximate surface area is 167 Å². The van der Waals surface area contributed by atoms with Crippen molar-refractivity contribution in [3.05, 3.63) is 66.5 Å². The molecule has 150 valence electrons. The van der Waals surface area contributed by atoms with E-state index in [9.17, 15) is 14.7 Å². The molecular formula is C22H22N2O5. The average molecular weight is 394 g/mol. The molecule has 0 radical (unpaired) electrons. The van der Waals surface area contributed by atoms with Crippen LogP contribution in [0, 0.1) is 0 Å². The summed E-state index contributed by atoms with van der Waals surface area (Å²) in [6, 6.07) is 9.23. The van der Waals surface area contributed by atoms with Gasteiger partial charge in [-0.05, 0) is 19.1 Å². The Hall–Kier alpha value is -3.45. The smallest absolute Gasteiger partial charge is 0.356 e. The Balaban J connectivity index is 2.37. The quantitative estimate of drug-likeness (QED) is 0.376. The minimum Gasteiger partial charge on any atom is -0.464 e. The predicted molar refractivity (Wildman–Crippen MR) is 110 cm³/mol. The fraction of sp³-hybridized carbons (Fsp3) is 0.227. The van der Waals surface area contributed by atoms with Crippen LogP contribution in [0.25, 0.3) is 21.8 Å². The number of fused-ring (bicyclic) bond motifs is 3. The van der Waals surface area contributed by atoms with Crippen LogP contribution in [0.5, 0.6) is 0 Å². The lowest BCUT2D eigenvalue weighted by Gasteiger charge is -2.16. The van der Waals surface area contributed by atoms with Gasteiger partial charge in [-0.25, -0.2) is 14.6 Å². The number of aromatic nitrogens is 2. The summed E-state index contributed by atoms with van der Waals surface area (Å²) in [6.07, 6.45) is 0.255. The summed E-state index contributed by atoms with van der Waals surface area (Å²) in [5.74, 6) is -1.38. The fourth-order valence-corrected chi connectivity index (χ4v) is 3.32. The topological polar surface area (TPSA) is 90.7 Å². The van der Waals surface area contributed by atoms with Crippen molar-refractivity contribution in [1.29, 1.82) is 0 Å². The van der Waals surface area contributed by atoms with Crippen LogP contribution in [-0.2, 0) is 20.8 Å². The van der Waals surface area contributed by atoms with Gasteiger partial charge in [0.15, 0.2) is 0 Å². The van der Waals surface area contributed by atoms with Gasteiger partial charge in [0.05, 0.1) is 30.5 Å². The van der Waals surface area contributed by atoms with Gasteiger partial charge in [0, 0.05) is 22.8 Å². The number of nitrogens with zero attached hydrogens (tertiary/aromatic N) is 2. The van der Waals surface area contributed by atoms with Crippen LogP contribution in [0.1, 0.15) is 29.2 Å². The standard InChI is InChI=1S/C22H22N2O5/c1-5-11-24-17-10-8-7-9-14(17)15-12-16(22(27)28-4)23-18(19(15)24)20(25)13(3)21(26)29-6-2/h5,7-10,12,20,25H,1,3,6,11H2,2,4H3. The molecule has 0 amide bonds. The summed E-state index contributed by atoms with van der Waals surface area (Å²) in [5, 5.41) is 12.5. The molecule has 0 saturated carbocycles. The van der Waals surface area contributed by atoms with Gasteiger partial charge in [-0.1, -0.05) is 30.9 Å². The number of allylic oxidation sites excluding steroid dienone is 1. The van der Waals surface area contributed by atoms with E-state index in [0.717, 1.165) is 10.9 Å². The normalized spacial score (nSPS) is 12.0. The van der Waals surface area contributed by atoms with E-state index in [1.165, 1.54) is 7.11 Å². The molecule has 2 heterocycles. The molecule has 7 heteroatoms. The number of aliphatic hydroxyl groups excluding tert-OH is 1. The molecule has 1 atom stereocenters. The molecule has 0 aliphatic carbocycles. The molecule has 29 heavy (non-hydrogen) atoms. The highest BCUT2D eigenvalue weighted by Crippen LogP contribution is 2.35. The Morgan fingerprint density at radius 2 is 2.03 bits per heavy atom. The summed E-state index contributed by atoms with van der Waals surface area (Å²) >= 11 is 0. The lowest BCUT2D eigenvalue weighted by molar-refractivity contribution is -0.139. The first-order valence-electron chi connectivity index (χ1n) is 9.09. The van der Waals surface area contributed by atoms with Crippen LogP contribution < -0.4 is 0 Å². The molecule has 2 aromatic heterocycles. The van der Waals surface area contributed by atoms with Crippen LogP contribution in [0.15, 0.2) is 55.1 Å². The molecule has 0 aliphatic heterocycles. The zero-order valence-electron chi connectivity index (χ0n) is 16.3. The van der Waals surface area contributed by atoms with Crippen molar-refractivity contribution in [3.8, 4) is 0 Å². The van der Waals surface area contributed by atoms with Crippen molar-refractivity contribution in [3.63, 3.8) is 0 Å². The van der Waals surface area contributed by atoms with Gasteiger partial charge in [-0.3, -0.25) is 0 Å². The third-order valence-corrected chi connectivity index (χ3v) is 4.61. The molecule has 7 nitrogen and oxygen atoms in total. The maximum absolute atomic E-state index is 12.2. The summed E-state index contributed by atoms with van der Waals surface area (Å²) < 4.78 is 11.7. The molecule has 1 unspecified atom stereocenters. The third-order valence-electron chi connectivity index (χ3n) is 4.61. The maximum Gasteiger partial charge on any atom is 0.356 e. The van der Waals surface area contributed by atoms with Gasteiger partial charge >= 0.3 is 11.9 Å². The molecule has 3 aromatic rings. The Bertz CT molecular complexity index is 1130. The lowest BCUT2D eigenvalue weighted by atomic mass is 10.0. The Morgan fingerprint density at radius 1 is 1.31 bits per heavy atom. The van der Waals surface area contributed by atoms with E-state index in [1.807, 2.05) is 28.8 Å². The fourth-order valence-electron chi connectivity index (χ4n) is 3.32. The van der Waals surface area contributed by atoms with Gasteiger partial charge in [0.1, 0.15) is 11.8 Å². The van der Waals surface area contributed by atoms with Crippen LogP contribution in [0.3, 0.4) is 0 Å². The summed E-state index contributed by atoms with van der Waals surface area (Å²) in [4.78, 5) is 28.7. The van der Waals surface area contributed by atoms with E-state index < -0.39 is 18.0 Å². The number of ether oxygens (including phenoxy) is 2. The molecule has 0 bridgehead atoms. The van der Waals surface area contributed by atoms with Gasteiger partial charge in [0.2, 0.25) is 0 Å². The number of hydrogen-bond donors (Lipinski definition) is 1. The number of carbonyl (C=O) groups is 2. The Morgan fingerprint density at radius 3 is 2.69 bits per heavy atom.